The molecule has 8 heteroatoms. The Balaban J connectivity index is 2.01. The Morgan fingerprint density at radius 3 is 2.73 bits per heavy atom. The summed E-state index contributed by atoms with van der Waals surface area (Å²) in [7, 11) is -3.80. The molecule has 0 aliphatic carbocycles. The van der Waals surface area contributed by atoms with Crippen molar-refractivity contribution in [1.82, 2.24) is 0 Å². The minimum absolute atomic E-state index is 0.0954. The van der Waals surface area contributed by atoms with E-state index >= 15 is 0 Å². The van der Waals surface area contributed by atoms with Gasteiger partial charge in [0.25, 0.3) is 10.0 Å². The van der Waals surface area contributed by atoms with Gasteiger partial charge in [-0.05, 0) is 55.0 Å². The molecule has 0 atom stereocenters. The monoisotopic (exact) mass is 410 g/mol. The average molecular weight is 411 g/mol. The predicted octanol–water partition coefficient (Wildman–Crippen LogP) is 4.30. The number of sulfonamides is 1. The number of thioether (sulfide) groups is 1. The molecule has 0 spiro atoms. The Labute approximate surface area is 162 Å². The summed E-state index contributed by atoms with van der Waals surface area (Å²) in [6.45, 7) is 3.88. The van der Waals surface area contributed by atoms with E-state index < -0.39 is 10.0 Å². The van der Waals surface area contributed by atoms with E-state index in [4.69, 9.17) is 11.6 Å². The first-order chi connectivity index (χ1) is 12.3. The molecular formula is C18H19ClN2O3S2. The highest BCUT2D eigenvalue weighted by Crippen LogP contribution is 2.36. The van der Waals surface area contributed by atoms with Gasteiger partial charge in [-0.2, -0.15) is 0 Å². The minimum Gasteiger partial charge on any atom is -0.311 e. The number of rotatable bonds is 3. The van der Waals surface area contributed by atoms with Crippen molar-refractivity contribution in [3.8, 4) is 0 Å². The molecule has 0 radical (unpaired) electrons. The van der Waals surface area contributed by atoms with E-state index in [1.54, 1.807) is 60.0 Å². The van der Waals surface area contributed by atoms with Crippen LogP contribution in [0.2, 0.25) is 5.02 Å². The van der Waals surface area contributed by atoms with Crippen LogP contribution in [0, 0.1) is 6.92 Å². The van der Waals surface area contributed by atoms with Gasteiger partial charge in [0.05, 0.1) is 16.3 Å². The van der Waals surface area contributed by atoms with Gasteiger partial charge in [-0.15, -0.1) is 11.8 Å². The first-order valence-corrected chi connectivity index (χ1v) is 11.0. The van der Waals surface area contributed by atoms with Crippen molar-refractivity contribution in [2.24, 2.45) is 0 Å². The Hall–Kier alpha value is -1.70. The number of nitrogens with zero attached hydrogens (tertiary/aromatic N) is 1. The number of anilines is 2. The Morgan fingerprint density at radius 2 is 2.00 bits per heavy atom. The molecular weight excluding hydrogens is 392 g/mol. The first-order valence-electron chi connectivity index (χ1n) is 8.12. The number of carbonyl (C=O) groups excluding carboxylic acids is 1. The molecule has 2 aromatic rings. The second-order valence-electron chi connectivity index (χ2n) is 6.07. The van der Waals surface area contributed by atoms with Crippen molar-refractivity contribution in [1.29, 1.82) is 0 Å². The summed E-state index contributed by atoms with van der Waals surface area (Å²) >= 11 is 7.61. The van der Waals surface area contributed by atoms with E-state index in [2.05, 4.69) is 4.72 Å². The maximum atomic E-state index is 12.8. The second kappa shape index (κ2) is 7.50. The molecule has 1 heterocycles. The lowest BCUT2D eigenvalue weighted by molar-refractivity contribution is -0.116. The van der Waals surface area contributed by atoms with Crippen LogP contribution in [0.4, 0.5) is 11.4 Å². The third kappa shape index (κ3) is 4.00. The van der Waals surface area contributed by atoms with Gasteiger partial charge >= 0.3 is 0 Å². The van der Waals surface area contributed by atoms with Gasteiger partial charge in [0.15, 0.2) is 0 Å². The molecule has 0 saturated carbocycles. The quantitative estimate of drug-likeness (QED) is 0.819. The summed E-state index contributed by atoms with van der Waals surface area (Å²) in [5.41, 5.74) is 1.85. The zero-order chi connectivity index (χ0) is 18.9. The third-order valence-electron chi connectivity index (χ3n) is 4.14. The lowest BCUT2D eigenvalue weighted by Crippen LogP contribution is -2.29. The van der Waals surface area contributed by atoms with Crippen molar-refractivity contribution >= 4 is 50.7 Å². The Morgan fingerprint density at radius 1 is 1.23 bits per heavy atom. The average Bonchev–Trinajstić information content (AvgIpc) is 2.79. The number of aryl methyl sites for hydroxylation is 1. The summed E-state index contributed by atoms with van der Waals surface area (Å²) in [5.74, 6) is 0.796. The summed E-state index contributed by atoms with van der Waals surface area (Å²) in [6.07, 6.45) is 0.862. The maximum absolute atomic E-state index is 12.8. The first kappa shape index (κ1) is 19.1. The van der Waals surface area contributed by atoms with Gasteiger partial charge in [-0.1, -0.05) is 17.7 Å². The standard InChI is InChI=1S/C18H19ClN2O3S2/c1-12-4-5-14(19)10-16(12)20-26(23,24)15-6-7-18-17(11-15)21(13(2)22)8-3-9-25-18/h4-7,10-11,20H,3,8-9H2,1-2H3. The number of benzene rings is 2. The number of fused-ring (bicyclic) bond motifs is 1. The fourth-order valence-electron chi connectivity index (χ4n) is 2.76. The number of nitrogens with one attached hydrogen (secondary N) is 1. The SMILES string of the molecule is CC(=O)N1CCCSc2ccc(S(=O)(=O)Nc3cc(Cl)ccc3C)cc21. The Bertz CT molecular complexity index is 961. The molecule has 1 N–H and O–H groups in total. The molecule has 3 rings (SSSR count). The van der Waals surface area contributed by atoms with Crippen LogP contribution >= 0.6 is 23.4 Å². The van der Waals surface area contributed by atoms with Crippen molar-refractivity contribution in [3.05, 3.63) is 47.0 Å². The van der Waals surface area contributed by atoms with E-state index in [1.165, 1.54) is 6.92 Å². The number of halogens is 1. The molecule has 26 heavy (non-hydrogen) atoms. The maximum Gasteiger partial charge on any atom is 0.261 e. The highest BCUT2D eigenvalue weighted by molar-refractivity contribution is 7.99. The zero-order valence-electron chi connectivity index (χ0n) is 14.5. The number of hydrogen-bond donors (Lipinski definition) is 1. The van der Waals surface area contributed by atoms with Crippen molar-refractivity contribution < 1.29 is 13.2 Å². The van der Waals surface area contributed by atoms with Crippen LogP contribution in [0.25, 0.3) is 0 Å². The summed E-state index contributed by atoms with van der Waals surface area (Å²) in [4.78, 5) is 14.7. The molecule has 1 amide bonds. The highest BCUT2D eigenvalue weighted by Gasteiger charge is 2.23. The second-order valence-corrected chi connectivity index (χ2v) is 9.32. The fourth-order valence-corrected chi connectivity index (χ4v) is 5.05. The lowest BCUT2D eigenvalue weighted by atomic mass is 10.2. The van der Waals surface area contributed by atoms with Crippen LogP contribution in [-0.2, 0) is 14.8 Å². The normalized spacial score (nSPS) is 14.5. The van der Waals surface area contributed by atoms with Crippen LogP contribution in [-0.4, -0.2) is 26.6 Å². The minimum atomic E-state index is -3.80. The zero-order valence-corrected chi connectivity index (χ0v) is 16.8. The van der Waals surface area contributed by atoms with Crippen LogP contribution in [0.3, 0.4) is 0 Å². The van der Waals surface area contributed by atoms with Crippen molar-refractivity contribution in [3.63, 3.8) is 0 Å². The van der Waals surface area contributed by atoms with Gasteiger partial charge in [0.2, 0.25) is 5.91 Å². The van der Waals surface area contributed by atoms with E-state index in [0.29, 0.717) is 22.9 Å². The molecule has 2 aromatic carbocycles. The summed E-state index contributed by atoms with van der Waals surface area (Å²) in [6, 6.07) is 9.94. The predicted molar refractivity (Wildman–Crippen MR) is 107 cm³/mol. The van der Waals surface area contributed by atoms with E-state index in [0.717, 1.165) is 22.6 Å². The number of carbonyl (C=O) groups is 1. The lowest BCUT2D eigenvalue weighted by Gasteiger charge is -2.21. The van der Waals surface area contributed by atoms with Crippen LogP contribution in [0.5, 0.6) is 0 Å². The van der Waals surface area contributed by atoms with Crippen LogP contribution in [0.15, 0.2) is 46.2 Å². The summed E-state index contributed by atoms with van der Waals surface area (Å²) in [5, 5.41) is 0.453. The van der Waals surface area contributed by atoms with E-state index in [1.807, 2.05) is 0 Å². The van der Waals surface area contributed by atoms with Gasteiger partial charge in [-0.3, -0.25) is 9.52 Å². The van der Waals surface area contributed by atoms with Gasteiger partial charge in [0.1, 0.15) is 0 Å². The van der Waals surface area contributed by atoms with E-state index in [-0.39, 0.29) is 10.8 Å². The topological polar surface area (TPSA) is 66.5 Å². The van der Waals surface area contributed by atoms with Crippen LogP contribution < -0.4 is 9.62 Å². The van der Waals surface area contributed by atoms with E-state index in [9.17, 15) is 13.2 Å². The molecule has 0 fully saturated rings. The van der Waals surface area contributed by atoms with Crippen molar-refractivity contribution in [2.75, 3.05) is 21.9 Å². The van der Waals surface area contributed by atoms with Gasteiger partial charge in [0, 0.05) is 23.4 Å². The fraction of sp³-hybridized carbons (Fsp3) is 0.278. The van der Waals surface area contributed by atoms with Gasteiger partial charge < -0.3 is 4.90 Å². The summed E-state index contributed by atoms with van der Waals surface area (Å²) < 4.78 is 28.3. The third-order valence-corrected chi connectivity index (χ3v) is 6.89. The highest BCUT2D eigenvalue weighted by atomic mass is 35.5. The van der Waals surface area contributed by atoms with Gasteiger partial charge in [-0.25, -0.2) is 8.42 Å². The number of amides is 1. The van der Waals surface area contributed by atoms with Crippen molar-refractivity contribution in [2.45, 2.75) is 30.1 Å². The molecule has 0 bridgehead atoms. The molecule has 0 saturated heterocycles. The molecule has 138 valence electrons. The van der Waals surface area contributed by atoms with Crippen LogP contribution in [0.1, 0.15) is 18.9 Å². The molecule has 5 nitrogen and oxygen atoms in total. The molecule has 1 aliphatic heterocycles. The largest absolute Gasteiger partial charge is 0.311 e. The molecule has 1 aliphatic rings. The molecule has 0 aromatic heterocycles. The Kier molecular flexibility index (Phi) is 5.50. The number of hydrogen-bond acceptors (Lipinski definition) is 4. The molecule has 0 unspecified atom stereocenters. The smallest absolute Gasteiger partial charge is 0.261 e.